The maximum Gasteiger partial charge on any atom is 0.191 e. The third kappa shape index (κ3) is 9.40. The predicted octanol–water partition coefficient (Wildman–Crippen LogP) is 3.41. The number of nitrogens with zero attached hydrogens (tertiary/aromatic N) is 2. The molecule has 0 aromatic heterocycles. The van der Waals surface area contributed by atoms with Crippen molar-refractivity contribution in [3.63, 3.8) is 0 Å². The second-order valence-electron chi connectivity index (χ2n) is 7.14. The van der Waals surface area contributed by atoms with E-state index in [4.69, 9.17) is 9.47 Å². The number of rotatable bonds is 9. The van der Waals surface area contributed by atoms with E-state index in [-0.39, 0.29) is 29.8 Å². The Hall–Kier alpha value is -1.91. The van der Waals surface area contributed by atoms with Crippen LogP contribution in [0.2, 0.25) is 0 Å². The maximum atomic E-state index is 13.2. The fraction of sp³-hybridized carbons (Fsp3) is 0.435. The van der Waals surface area contributed by atoms with Gasteiger partial charge in [-0.2, -0.15) is 0 Å². The molecule has 0 unspecified atom stereocenters. The Balaban J connectivity index is 0.00000341. The Morgan fingerprint density at radius 2 is 1.87 bits per heavy atom. The van der Waals surface area contributed by atoms with Crippen molar-refractivity contribution in [1.29, 1.82) is 0 Å². The minimum Gasteiger partial charge on any atom is -0.489 e. The zero-order valence-corrected chi connectivity index (χ0v) is 20.3. The molecule has 1 fully saturated rings. The van der Waals surface area contributed by atoms with Crippen LogP contribution in [-0.4, -0.2) is 56.8 Å². The molecule has 1 aliphatic rings. The van der Waals surface area contributed by atoms with E-state index in [0.717, 1.165) is 68.8 Å². The normalized spacial score (nSPS) is 14.6. The molecule has 0 saturated carbocycles. The third-order valence-electron chi connectivity index (χ3n) is 4.81. The predicted molar refractivity (Wildman–Crippen MR) is 133 cm³/mol. The molecule has 3 rings (SSSR count). The average molecular weight is 542 g/mol. The van der Waals surface area contributed by atoms with Crippen LogP contribution >= 0.6 is 24.0 Å². The largest absolute Gasteiger partial charge is 0.489 e. The molecule has 2 aromatic carbocycles. The van der Waals surface area contributed by atoms with Gasteiger partial charge in [0.2, 0.25) is 0 Å². The van der Waals surface area contributed by atoms with Gasteiger partial charge in [-0.25, -0.2) is 9.38 Å². The topological polar surface area (TPSA) is 58.1 Å². The number of hydrogen-bond acceptors (Lipinski definition) is 4. The molecular formula is C23H32FIN4O2. The minimum atomic E-state index is -0.251. The van der Waals surface area contributed by atoms with Gasteiger partial charge < -0.3 is 20.1 Å². The number of morpholine rings is 1. The lowest BCUT2D eigenvalue weighted by molar-refractivity contribution is 0.0389. The molecule has 170 valence electrons. The first-order valence-corrected chi connectivity index (χ1v) is 10.5. The summed E-state index contributed by atoms with van der Waals surface area (Å²) in [6.45, 7) is 9.23. The van der Waals surface area contributed by atoms with Crippen LogP contribution in [0.1, 0.15) is 18.1 Å². The second-order valence-corrected chi connectivity index (χ2v) is 7.14. The van der Waals surface area contributed by atoms with Gasteiger partial charge >= 0.3 is 0 Å². The van der Waals surface area contributed by atoms with Gasteiger partial charge in [0.05, 0.1) is 19.8 Å². The molecule has 0 spiro atoms. The van der Waals surface area contributed by atoms with E-state index in [9.17, 15) is 4.39 Å². The highest BCUT2D eigenvalue weighted by Gasteiger charge is 2.09. The first-order chi connectivity index (χ1) is 14.7. The van der Waals surface area contributed by atoms with Crippen LogP contribution in [0.25, 0.3) is 0 Å². The summed E-state index contributed by atoms with van der Waals surface area (Å²) in [5.74, 6) is 1.32. The smallest absolute Gasteiger partial charge is 0.191 e. The molecule has 0 amide bonds. The summed E-state index contributed by atoms with van der Waals surface area (Å²) in [5.41, 5.74) is 1.90. The van der Waals surface area contributed by atoms with Crippen LogP contribution in [0, 0.1) is 5.82 Å². The molecule has 6 nitrogen and oxygen atoms in total. The number of aliphatic imine (C=N–C) groups is 1. The molecule has 0 atom stereocenters. The monoisotopic (exact) mass is 542 g/mol. The summed E-state index contributed by atoms with van der Waals surface area (Å²) in [4.78, 5) is 7.06. The highest BCUT2D eigenvalue weighted by molar-refractivity contribution is 14.0. The van der Waals surface area contributed by atoms with Crippen LogP contribution in [0.15, 0.2) is 53.5 Å². The first kappa shape index (κ1) is 25.4. The zero-order valence-electron chi connectivity index (χ0n) is 18.0. The van der Waals surface area contributed by atoms with Gasteiger partial charge in [0.25, 0.3) is 0 Å². The number of guanidine groups is 1. The average Bonchev–Trinajstić information content (AvgIpc) is 2.77. The van der Waals surface area contributed by atoms with Crippen molar-refractivity contribution < 1.29 is 13.9 Å². The Bertz CT molecular complexity index is 798. The molecule has 1 saturated heterocycles. The molecule has 0 bridgehead atoms. The molecule has 1 aliphatic heterocycles. The number of nitrogens with one attached hydrogen (secondary N) is 2. The molecule has 8 heteroatoms. The fourth-order valence-electron chi connectivity index (χ4n) is 3.15. The van der Waals surface area contributed by atoms with E-state index >= 15 is 0 Å². The Morgan fingerprint density at radius 3 is 2.58 bits per heavy atom. The molecule has 31 heavy (non-hydrogen) atoms. The van der Waals surface area contributed by atoms with Gasteiger partial charge in [0, 0.05) is 32.7 Å². The summed E-state index contributed by atoms with van der Waals surface area (Å²) >= 11 is 0. The highest BCUT2D eigenvalue weighted by Crippen LogP contribution is 2.15. The molecule has 0 aliphatic carbocycles. The quantitative estimate of drug-likeness (QED) is 0.289. The Labute approximate surface area is 201 Å². The van der Waals surface area contributed by atoms with Gasteiger partial charge in [-0.05, 0) is 42.3 Å². The van der Waals surface area contributed by atoms with E-state index in [1.165, 1.54) is 12.1 Å². The number of ether oxygens (including phenoxy) is 2. The van der Waals surface area contributed by atoms with Crippen molar-refractivity contribution in [2.45, 2.75) is 20.1 Å². The summed E-state index contributed by atoms with van der Waals surface area (Å²) in [6, 6.07) is 14.3. The van der Waals surface area contributed by atoms with E-state index in [0.29, 0.717) is 13.2 Å². The van der Waals surface area contributed by atoms with Crippen LogP contribution in [0.5, 0.6) is 5.75 Å². The number of halogens is 2. The maximum absolute atomic E-state index is 13.2. The van der Waals surface area contributed by atoms with Gasteiger partial charge in [0.1, 0.15) is 18.2 Å². The highest BCUT2D eigenvalue weighted by atomic mass is 127. The number of benzene rings is 2. The Morgan fingerprint density at radius 1 is 1.10 bits per heavy atom. The van der Waals surface area contributed by atoms with E-state index in [1.807, 2.05) is 30.3 Å². The van der Waals surface area contributed by atoms with Gasteiger partial charge in [-0.3, -0.25) is 4.90 Å². The van der Waals surface area contributed by atoms with Crippen molar-refractivity contribution >= 4 is 29.9 Å². The first-order valence-electron chi connectivity index (χ1n) is 10.5. The van der Waals surface area contributed by atoms with E-state index in [1.54, 1.807) is 6.07 Å². The van der Waals surface area contributed by atoms with Gasteiger partial charge in [-0.1, -0.05) is 24.3 Å². The summed E-state index contributed by atoms with van der Waals surface area (Å²) in [6.07, 6.45) is 0. The molecule has 2 N–H and O–H groups in total. The van der Waals surface area contributed by atoms with Crippen LogP contribution in [0.4, 0.5) is 4.39 Å². The SMILES string of the molecule is CCNC(=NCc1ccc(OCc2cccc(F)c2)cc1)NCCN1CCOCC1.I. The third-order valence-corrected chi connectivity index (χ3v) is 4.81. The molecule has 0 radical (unpaired) electrons. The van der Waals surface area contributed by atoms with Crippen molar-refractivity contribution in [3.8, 4) is 5.75 Å². The van der Waals surface area contributed by atoms with Crippen molar-refractivity contribution in [2.75, 3.05) is 45.9 Å². The fourth-order valence-corrected chi connectivity index (χ4v) is 3.15. The van der Waals surface area contributed by atoms with E-state index < -0.39 is 0 Å². The molecule has 1 heterocycles. The molecular weight excluding hydrogens is 510 g/mol. The zero-order chi connectivity index (χ0) is 21.0. The minimum absolute atomic E-state index is 0. The summed E-state index contributed by atoms with van der Waals surface area (Å²) in [5, 5.41) is 6.68. The lowest BCUT2D eigenvalue weighted by atomic mass is 10.2. The lowest BCUT2D eigenvalue weighted by Gasteiger charge is -2.26. The van der Waals surface area contributed by atoms with Crippen molar-refractivity contribution in [1.82, 2.24) is 15.5 Å². The van der Waals surface area contributed by atoms with Gasteiger partial charge in [0.15, 0.2) is 5.96 Å². The number of hydrogen-bond donors (Lipinski definition) is 2. The summed E-state index contributed by atoms with van der Waals surface area (Å²) < 4.78 is 24.4. The summed E-state index contributed by atoms with van der Waals surface area (Å²) in [7, 11) is 0. The second kappa shape index (κ2) is 14.2. The lowest BCUT2D eigenvalue weighted by Crippen LogP contribution is -2.44. The van der Waals surface area contributed by atoms with Crippen LogP contribution in [0.3, 0.4) is 0 Å². The Kier molecular flexibility index (Phi) is 11.6. The molecule has 2 aromatic rings. The van der Waals surface area contributed by atoms with Crippen molar-refractivity contribution in [3.05, 3.63) is 65.5 Å². The standard InChI is InChI=1S/C23H31FN4O2.HI/c1-2-25-23(26-10-11-28-12-14-29-15-13-28)27-17-19-6-8-22(9-7-19)30-18-20-4-3-5-21(24)16-20;/h3-9,16H,2,10-15,17-18H2,1H3,(H2,25,26,27);1H. The van der Waals surface area contributed by atoms with Gasteiger partial charge in [-0.15, -0.1) is 24.0 Å². The van der Waals surface area contributed by atoms with Crippen molar-refractivity contribution in [2.24, 2.45) is 4.99 Å². The van der Waals surface area contributed by atoms with Crippen LogP contribution < -0.4 is 15.4 Å². The van der Waals surface area contributed by atoms with E-state index in [2.05, 4.69) is 27.4 Å². The van der Waals surface area contributed by atoms with Crippen LogP contribution in [-0.2, 0) is 17.9 Å².